The van der Waals surface area contributed by atoms with Gasteiger partial charge < -0.3 is 10.6 Å². The highest BCUT2D eigenvalue weighted by molar-refractivity contribution is 7.98. The van der Waals surface area contributed by atoms with Gasteiger partial charge in [-0.3, -0.25) is 0 Å². The first-order valence-corrected chi connectivity index (χ1v) is 7.63. The van der Waals surface area contributed by atoms with Crippen LogP contribution in [-0.4, -0.2) is 18.8 Å². The highest BCUT2D eigenvalue weighted by Gasteiger charge is 2.21. The van der Waals surface area contributed by atoms with Crippen LogP contribution >= 0.6 is 11.8 Å². The van der Waals surface area contributed by atoms with Crippen LogP contribution in [0.1, 0.15) is 31.7 Å². The third-order valence-corrected chi connectivity index (χ3v) is 4.47. The number of anilines is 1. The number of hydrogen-bond acceptors (Lipinski definition) is 3. The number of nitrogens with zero attached hydrogens (tertiary/aromatic N) is 1. The van der Waals surface area contributed by atoms with Crippen LogP contribution in [0.4, 0.5) is 5.69 Å². The number of hydrogen-bond donors (Lipinski definition) is 1. The van der Waals surface area contributed by atoms with Crippen LogP contribution in [0.15, 0.2) is 23.1 Å². The van der Waals surface area contributed by atoms with Gasteiger partial charge in [-0.2, -0.15) is 0 Å². The van der Waals surface area contributed by atoms with E-state index in [1.54, 1.807) is 11.8 Å². The van der Waals surface area contributed by atoms with Gasteiger partial charge in [0.15, 0.2) is 0 Å². The maximum Gasteiger partial charge on any atom is 0.0425 e. The van der Waals surface area contributed by atoms with Crippen LogP contribution in [0, 0.1) is 0 Å². The minimum atomic E-state index is 0.634. The molecule has 2 rings (SSSR count). The van der Waals surface area contributed by atoms with Crippen molar-refractivity contribution >= 4 is 17.4 Å². The van der Waals surface area contributed by atoms with Crippen LogP contribution in [0.3, 0.4) is 0 Å². The molecule has 3 heteroatoms. The van der Waals surface area contributed by atoms with Gasteiger partial charge in [-0.05, 0) is 44.6 Å². The van der Waals surface area contributed by atoms with Crippen molar-refractivity contribution in [1.29, 1.82) is 0 Å². The van der Waals surface area contributed by atoms with Gasteiger partial charge in [-0.25, -0.2) is 0 Å². The van der Waals surface area contributed by atoms with Crippen molar-refractivity contribution in [2.75, 3.05) is 17.7 Å². The van der Waals surface area contributed by atoms with Gasteiger partial charge in [-0.15, -0.1) is 11.8 Å². The van der Waals surface area contributed by atoms with E-state index in [2.05, 4.69) is 36.3 Å². The summed E-state index contributed by atoms with van der Waals surface area (Å²) in [7, 11) is 0. The van der Waals surface area contributed by atoms with Gasteiger partial charge in [0.2, 0.25) is 0 Å². The Morgan fingerprint density at radius 1 is 1.41 bits per heavy atom. The van der Waals surface area contributed by atoms with Crippen molar-refractivity contribution < 1.29 is 0 Å². The molecule has 0 aliphatic carbocycles. The van der Waals surface area contributed by atoms with E-state index in [-0.39, 0.29) is 0 Å². The summed E-state index contributed by atoms with van der Waals surface area (Å²) in [5, 5.41) is 0. The molecule has 17 heavy (non-hydrogen) atoms. The minimum absolute atomic E-state index is 0.634. The quantitative estimate of drug-likeness (QED) is 0.835. The molecule has 1 saturated heterocycles. The lowest BCUT2D eigenvalue weighted by Gasteiger charge is -2.37. The standard InChI is InChI=1S/C14H22N2S/c1-11-6-3-4-9-16(11)13-7-5-8-14(17-2)12(13)10-15/h5,7-8,11H,3-4,6,9-10,15H2,1-2H3. The van der Waals surface area contributed by atoms with E-state index in [1.807, 2.05) is 0 Å². The Balaban J connectivity index is 2.36. The second kappa shape index (κ2) is 5.78. The first-order chi connectivity index (χ1) is 8.27. The highest BCUT2D eigenvalue weighted by atomic mass is 32.2. The van der Waals surface area contributed by atoms with Crippen LogP contribution < -0.4 is 10.6 Å². The van der Waals surface area contributed by atoms with Crippen molar-refractivity contribution in [2.45, 2.75) is 43.7 Å². The Morgan fingerprint density at radius 2 is 2.24 bits per heavy atom. The van der Waals surface area contributed by atoms with Crippen molar-refractivity contribution in [3.05, 3.63) is 23.8 Å². The Morgan fingerprint density at radius 3 is 2.88 bits per heavy atom. The Bertz CT molecular complexity index is 378. The monoisotopic (exact) mass is 250 g/mol. The first-order valence-electron chi connectivity index (χ1n) is 6.40. The molecule has 0 amide bonds. The molecule has 1 atom stereocenters. The second-order valence-corrected chi connectivity index (χ2v) is 5.55. The predicted molar refractivity (Wildman–Crippen MR) is 76.8 cm³/mol. The Labute approximate surface area is 109 Å². The molecule has 0 spiro atoms. The fourth-order valence-corrected chi connectivity index (χ4v) is 3.32. The lowest BCUT2D eigenvalue weighted by molar-refractivity contribution is 0.483. The molecule has 0 aromatic heterocycles. The van der Waals surface area contributed by atoms with E-state index >= 15 is 0 Å². The Kier molecular flexibility index (Phi) is 4.35. The number of benzene rings is 1. The lowest BCUT2D eigenvalue weighted by Crippen LogP contribution is -2.38. The lowest BCUT2D eigenvalue weighted by atomic mass is 10.0. The van der Waals surface area contributed by atoms with Crippen molar-refractivity contribution in [3.8, 4) is 0 Å². The SMILES string of the molecule is CSc1cccc(N2CCCCC2C)c1CN. The smallest absolute Gasteiger partial charge is 0.0425 e. The van der Waals surface area contributed by atoms with E-state index in [0.29, 0.717) is 12.6 Å². The molecule has 2 N–H and O–H groups in total. The summed E-state index contributed by atoms with van der Waals surface area (Å²) >= 11 is 1.79. The van der Waals surface area contributed by atoms with Gasteiger partial charge in [0, 0.05) is 35.3 Å². The second-order valence-electron chi connectivity index (χ2n) is 4.70. The van der Waals surface area contributed by atoms with Crippen LogP contribution in [0.5, 0.6) is 0 Å². The molecular weight excluding hydrogens is 228 g/mol. The molecule has 1 aliphatic rings. The van der Waals surface area contributed by atoms with Crippen molar-refractivity contribution in [1.82, 2.24) is 0 Å². The number of thioether (sulfide) groups is 1. The highest BCUT2D eigenvalue weighted by Crippen LogP contribution is 2.32. The summed E-state index contributed by atoms with van der Waals surface area (Å²) in [5.74, 6) is 0. The third-order valence-electron chi connectivity index (χ3n) is 3.64. The molecule has 2 nitrogen and oxygen atoms in total. The van der Waals surface area contributed by atoms with Crippen LogP contribution in [0.25, 0.3) is 0 Å². The zero-order valence-electron chi connectivity index (χ0n) is 10.8. The van der Waals surface area contributed by atoms with E-state index in [9.17, 15) is 0 Å². The molecule has 0 saturated carbocycles. The third kappa shape index (κ3) is 2.61. The summed E-state index contributed by atoms with van der Waals surface area (Å²) in [4.78, 5) is 3.86. The molecule has 1 aromatic rings. The molecule has 1 aromatic carbocycles. The zero-order chi connectivity index (χ0) is 12.3. The summed E-state index contributed by atoms with van der Waals surface area (Å²) in [6, 6.07) is 7.20. The number of nitrogens with two attached hydrogens (primary N) is 1. The van der Waals surface area contributed by atoms with Crippen LogP contribution in [-0.2, 0) is 6.54 Å². The summed E-state index contributed by atoms with van der Waals surface area (Å²) in [6.07, 6.45) is 6.08. The van der Waals surface area contributed by atoms with E-state index in [0.717, 1.165) is 0 Å². The van der Waals surface area contributed by atoms with Crippen LogP contribution in [0.2, 0.25) is 0 Å². The normalized spacial score (nSPS) is 20.6. The fraction of sp³-hybridized carbons (Fsp3) is 0.571. The molecule has 1 unspecified atom stereocenters. The molecular formula is C14H22N2S. The summed E-state index contributed by atoms with van der Waals surface area (Å²) < 4.78 is 0. The summed E-state index contributed by atoms with van der Waals surface area (Å²) in [6.45, 7) is 4.13. The van der Waals surface area contributed by atoms with Gasteiger partial charge in [0.1, 0.15) is 0 Å². The molecule has 94 valence electrons. The maximum atomic E-state index is 5.94. The maximum absolute atomic E-state index is 5.94. The molecule has 1 fully saturated rings. The Hall–Kier alpha value is -0.670. The van der Waals surface area contributed by atoms with Gasteiger partial charge >= 0.3 is 0 Å². The predicted octanol–water partition coefficient (Wildman–Crippen LogP) is 3.25. The van der Waals surface area contributed by atoms with E-state index in [4.69, 9.17) is 5.73 Å². The van der Waals surface area contributed by atoms with E-state index in [1.165, 1.54) is 42.0 Å². The average molecular weight is 250 g/mol. The minimum Gasteiger partial charge on any atom is -0.369 e. The van der Waals surface area contributed by atoms with Crippen molar-refractivity contribution in [3.63, 3.8) is 0 Å². The number of piperidine rings is 1. The molecule has 1 aliphatic heterocycles. The van der Waals surface area contributed by atoms with Gasteiger partial charge in [0.05, 0.1) is 0 Å². The number of rotatable bonds is 3. The van der Waals surface area contributed by atoms with Gasteiger partial charge in [-0.1, -0.05) is 6.07 Å². The van der Waals surface area contributed by atoms with E-state index < -0.39 is 0 Å². The largest absolute Gasteiger partial charge is 0.369 e. The average Bonchev–Trinajstić information content (AvgIpc) is 2.38. The first kappa shape index (κ1) is 12.8. The zero-order valence-corrected chi connectivity index (χ0v) is 11.6. The molecule has 0 radical (unpaired) electrons. The van der Waals surface area contributed by atoms with Crippen molar-refractivity contribution in [2.24, 2.45) is 5.73 Å². The molecule has 1 heterocycles. The van der Waals surface area contributed by atoms with Gasteiger partial charge in [0.25, 0.3) is 0 Å². The fourth-order valence-electron chi connectivity index (χ4n) is 2.68. The topological polar surface area (TPSA) is 29.3 Å². The summed E-state index contributed by atoms with van der Waals surface area (Å²) in [5.41, 5.74) is 8.61. The molecule has 0 bridgehead atoms.